The van der Waals surface area contributed by atoms with Crippen LogP contribution < -0.4 is 4.74 Å². The third-order valence-electron chi connectivity index (χ3n) is 5.55. The molecule has 0 spiro atoms. The lowest BCUT2D eigenvalue weighted by Crippen LogP contribution is -2.44. The molecule has 1 saturated heterocycles. The average molecular weight is 389 g/mol. The molecule has 2 N–H and O–H groups in total. The SMILES string of the molecule is CC(C)(O)C(C)(C)O.CC1(C)CC(N2CCCC2=O)c2cc(C#N)ccc2O1. The molecule has 0 radical (unpaired) electrons. The van der Waals surface area contributed by atoms with Crippen molar-refractivity contribution >= 4 is 5.91 Å². The van der Waals surface area contributed by atoms with Crippen LogP contribution in [0.5, 0.6) is 5.75 Å². The van der Waals surface area contributed by atoms with Crippen LogP contribution in [-0.2, 0) is 4.79 Å². The molecule has 1 unspecified atom stereocenters. The van der Waals surface area contributed by atoms with E-state index in [1.807, 2.05) is 30.9 Å². The maximum absolute atomic E-state index is 12.1. The highest BCUT2D eigenvalue weighted by Gasteiger charge is 2.39. The smallest absolute Gasteiger partial charge is 0.223 e. The number of carbonyl (C=O) groups is 1. The first kappa shape index (κ1) is 22.2. The molecule has 0 aromatic heterocycles. The minimum Gasteiger partial charge on any atom is -0.487 e. The fourth-order valence-electron chi connectivity index (χ4n) is 3.16. The number of ether oxygens (including phenoxy) is 1. The largest absolute Gasteiger partial charge is 0.487 e. The van der Waals surface area contributed by atoms with Crippen molar-refractivity contribution in [3.63, 3.8) is 0 Å². The molecule has 6 heteroatoms. The van der Waals surface area contributed by atoms with Gasteiger partial charge in [-0.15, -0.1) is 0 Å². The van der Waals surface area contributed by atoms with Crippen LogP contribution in [0.3, 0.4) is 0 Å². The number of nitrogens with zero attached hydrogens (tertiary/aromatic N) is 2. The summed E-state index contributed by atoms with van der Waals surface area (Å²) in [6, 6.07) is 7.66. The minimum atomic E-state index is -1.01. The number of amides is 1. The highest BCUT2D eigenvalue weighted by atomic mass is 16.5. The molecule has 1 atom stereocenters. The van der Waals surface area contributed by atoms with Crippen molar-refractivity contribution < 1.29 is 19.7 Å². The van der Waals surface area contributed by atoms with Crippen LogP contribution in [0.15, 0.2) is 18.2 Å². The van der Waals surface area contributed by atoms with Crippen LogP contribution in [0.1, 0.15) is 78.0 Å². The average Bonchev–Trinajstić information content (AvgIpc) is 2.97. The fraction of sp³-hybridized carbons (Fsp3) is 0.636. The van der Waals surface area contributed by atoms with Crippen LogP contribution in [0.25, 0.3) is 0 Å². The van der Waals surface area contributed by atoms with Gasteiger partial charge in [0.15, 0.2) is 0 Å². The van der Waals surface area contributed by atoms with E-state index in [9.17, 15) is 4.79 Å². The van der Waals surface area contributed by atoms with Gasteiger partial charge in [-0.1, -0.05) is 0 Å². The Kier molecular flexibility index (Phi) is 6.13. The zero-order chi connectivity index (χ0) is 21.3. The van der Waals surface area contributed by atoms with Gasteiger partial charge in [0, 0.05) is 24.9 Å². The normalized spacial score (nSPS) is 21.2. The summed E-state index contributed by atoms with van der Waals surface area (Å²) in [7, 11) is 0. The van der Waals surface area contributed by atoms with E-state index in [1.165, 1.54) is 0 Å². The van der Waals surface area contributed by atoms with E-state index in [4.69, 9.17) is 20.2 Å². The van der Waals surface area contributed by atoms with Crippen molar-refractivity contribution in [2.45, 2.75) is 83.6 Å². The second-order valence-corrected chi connectivity index (χ2v) is 9.25. The molecule has 3 rings (SSSR count). The van der Waals surface area contributed by atoms with E-state index in [0.29, 0.717) is 12.0 Å². The van der Waals surface area contributed by atoms with Gasteiger partial charge in [0.05, 0.1) is 28.9 Å². The number of aliphatic hydroxyl groups is 2. The number of benzene rings is 1. The fourth-order valence-corrected chi connectivity index (χ4v) is 3.16. The molecular formula is C22H32N2O4. The Morgan fingerprint density at radius 3 is 2.29 bits per heavy atom. The number of nitriles is 1. The number of rotatable bonds is 2. The van der Waals surface area contributed by atoms with E-state index in [-0.39, 0.29) is 17.6 Å². The quantitative estimate of drug-likeness (QED) is 0.811. The number of carbonyl (C=O) groups excluding carboxylic acids is 1. The van der Waals surface area contributed by atoms with Crippen LogP contribution in [-0.4, -0.2) is 44.4 Å². The molecule has 1 fully saturated rings. The maximum atomic E-state index is 12.1. The minimum absolute atomic E-state index is 0.0250. The predicted octanol–water partition coefficient (Wildman–Crippen LogP) is 3.31. The van der Waals surface area contributed by atoms with Crippen LogP contribution in [0.2, 0.25) is 0 Å². The Morgan fingerprint density at radius 1 is 1.21 bits per heavy atom. The Bertz CT molecular complexity index is 754. The second kappa shape index (κ2) is 7.73. The van der Waals surface area contributed by atoms with Crippen molar-refractivity contribution in [2.75, 3.05) is 6.54 Å². The molecule has 154 valence electrons. The lowest BCUT2D eigenvalue weighted by atomic mass is 9.88. The molecular weight excluding hydrogens is 356 g/mol. The monoisotopic (exact) mass is 388 g/mol. The molecule has 2 aliphatic heterocycles. The van der Waals surface area contributed by atoms with Gasteiger partial charge in [-0.05, 0) is 66.2 Å². The molecule has 2 aliphatic rings. The zero-order valence-electron chi connectivity index (χ0n) is 17.7. The summed E-state index contributed by atoms with van der Waals surface area (Å²) in [5.41, 5.74) is -0.725. The number of hydrogen-bond acceptors (Lipinski definition) is 5. The highest BCUT2D eigenvalue weighted by molar-refractivity contribution is 5.78. The third kappa shape index (κ3) is 5.03. The summed E-state index contributed by atoms with van der Waals surface area (Å²) < 4.78 is 6.00. The van der Waals surface area contributed by atoms with E-state index in [2.05, 4.69) is 6.07 Å². The molecule has 1 aromatic carbocycles. The summed E-state index contributed by atoms with van der Waals surface area (Å²) in [5.74, 6) is 1.01. The summed E-state index contributed by atoms with van der Waals surface area (Å²) in [4.78, 5) is 14.0. The summed E-state index contributed by atoms with van der Waals surface area (Å²) >= 11 is 0. The van der Waals surface area contributed by atoms with Crippen molar-refractivity contribution in [1.29, 1.82) is 5.26 Å². The van der Waals surface area contributed by atoms with Crippen LogP contribution >= 0.6 is 0 Å². The van der Waals surface area contributed by atoms with Gasteiger partial charge >= 0.3 is 0 Å². The van der Waals surface area contributed by atoms with Gasteiger partial charge in [-0.25, -0.2) is 0 Å². The van der Waals surface area contributed by atoms with Gasteiger partial charge in [0.2, 0.25) is 5.91 Å². The van der Waals surface area contributed by atoms with E-state index >= 15 is 0 Å². The maximum Gasteiger partial charge on any atom is 0.223 e. The van der Waals surface area contributed by atoms with Crippen molar-refractivity contribution in [1.82, 2.24) is 4.90 Å². The first-order chi connectivity index (χ1) is 12.7. The van der Waals surface area contributed by atoms with Crippen LogP contribution in [0, 0.1) is 11.3 Å². The Morgan fingerprint density at radius 2 is 1.82 bits per heavy atom. The molecule has 1 amide bonds. The van der Waals surface area contributed by atoms with E-state index in [1.54, 1.807) is 33.8 Å². The Balaban J connectivity index is 0.000000300. The molecule has 6 nitrogen and oxygen atoms in total. The molecule has 28 heavy (non-hydrogen) atoms. The van der Waals surface area contributed by atoms with Gasteiger partial charge in [-0.3, -0.25) is 4.79 Å². The first-order valence-electron chi connectivity index (χ1n) is 9.72. The third-order valence-corrected chi connectivity index (χ3v) is 5.55. The van der Waals surface area contributed by atoms with Crippen molar-refractivity contribution in [2.24, 2.45) is 0 Å². The van der Waals surface area contributed by atoms with Crippen molar-refractivity contribution in [3.05, 3.63) is 29.3 Å². The van der Waals surface area contributed by atoms with Gasteiger partial charge in [-0.2, -0.15) is 5.26 Å². The van der Waals surface area contributed by atoms with Gasteiger partial charge < -0.3 is 19.8 Å². The van der Waals surface area contributed by atoms with E-state index < -0.39 is 11.2 Å². The molecule has 2 heterocycles. The van der Waals surface area contributed by atoms with E-state index in [0.717, 1.165) is 30.7 Å². The molecule has 0 saturated carbocycles. The second-order valence-electron chi connectivity index (χ2n) is 9.25. The topological polar surface area (TPSA) is 93.8 Å². The standard InChI is InChI=1S/C16H18N2O2.C6H14O2/c1-16(2)9-13(18-7-3-4-15(18)19)12-8-11(10-17)5-6-14(12)20-16;1-5(2,7)6(3,4)8/h5-6,8,13H,3-4,7,9H2,1-2H3;7-8H,1-4H3. The predicted molar refractivity (Wildman–Crippen MR) is 107 cm³/mol. The summed E-state index contributed by atoms with van der Waals surface area (Å²) in [5, 5.41) is 27.3. The molecule has 1 aromatic rings. The number of likely N-dealkylation sites (tertiary alicyclic amines) is 1. The van der Waals surface area contributed by atoms with Gasteiger partial charge in [0.1, 0.15) is 11.4 Å². The number of fused-ring (bicyclic) bond motifs is 1. The lowest BCUT2D eigenvalue weighted by molar-refractivity contribution is -0.131. The molecule has 0 aliphatic carbocycles. The first-order valence-corrected chi connectivity index (χ1v) is 9.72. The lowest BCUT2D eigenvalue weighted by Gasteiger charge is -2.41. The summed E-state index contributed by atoms with van der Waals surface area (Å²) in [6.07, 6.45) is 2.32. The van der Waals surface area contributed by atoms with Crippen LogP contribution in [0.4, 0.5) is 0 Å². The highest BCUT2D eigenvalue weighted by Crippen LogP contribution is 2.44. The Hall–Kier alpha value is -2.10. The van der Waals surface area contributed by atoms with Crippen molar-refractivity contribution in [3.8, 4) is 11.8 Å². The summed E-state index contributed by atoms with van der Waals surface area (Å²) in [6.45, 7) is 11.2. The Labute approximate surface area is 167 Å². The zero-order valence-corrected chi connectivity index (χ0v) is 17.7. The molecule has 0 bridgehead atoms. The number of hydrogen-bond donors (Lipinski definition) is 2. The van der Waals surface area contributed by atoms with Gasteiger partial charge in [0.25, 0.3) is 0 Å².